The van der Waals surface area contributed by atoms with Crippen LogP contribution in [0.3, 0.4) is 0 Å². The summed E-state index contributed by atoms with van der Waals surface area (Å²) in [6.45, 7) is 5.92. The fourth-order valence-electron chi connectivity index (χ4n) is 5.59. The first-order chi connectivity index (χ1) is 14.2. The molecule has 4 rings (SSSR count). The highest BCUT2D eigenvalue weighted by Gasteiger charge is 2.47. The van der Waals surface area contributed by atoms with E-state index in [1.54, 1.807) is 6.20 Å². The summed E-state index contributed by atoms with van der Waals surface area (Å²) in [4.78, 5) is 24.6. The molecule has 1 aromatic heterocycles. The highest BCUT2D eigenvalue weighted by Crippen LogP contribution is 2.46. The molecule has 3 fully saturated rings. The number of aliphatic hydroxyl groups excluding tert-OH is 1. The number of piperidine rings is 1. The van der Waals surface area contributed by atoms with Crippen LogP contribution in [0.5, 0.6) is 0 Å². The van der Waals surface area contributed by atoms with Gasteiger partial charge in [0.2, 0.25) is 0 Å². The maximum absolute atomic E-state index is 13.5. The van der Waals surface area contributed by atoms with Crippen molar-refractivity contribution in [3.8, 4) is 0 Å². The Morgan fingerprint density at radius 1 is 1.24 bits per heavy atom. The van der Waals surface area contributed by atoms with Gasteiger partial charge in [-0.25, -0.2) is 4.98 Å². The minimum atomic E-state index is 0.103. The lowest BCUT2D eigenvalue weighted by Gasteiger charge is -2.44. The molecule has 1 amide bonds. The largest absolute Gasteiger partial charge is 0.395 e. The molecule has 1 aliphatic carbocycles. The van der Waals surface area contributed by atoms with Gasteiger partial charge < -0.3 is 19.6 Å². The smallest absolute Gasteiger partial charge is 0.257 e. The quantitative estimate of drug-likeness (QED) is 0.807. The molecule has 1 aromatic rings. The van der Waals surface area contributed by atoms with Gasteiger partial charge in [0.15, 0.2) is 0 Å². The predicted octanol–water partition coefficient (Wildman–Crippen LogP) is 1.62. The SMILES string of the molecule is CO[C@@H]1CCC[C@]12CCCN(C(=O)c1cccnc1N1CCN(CCO)CC1)C2. The van der Waals surface area contributed by atoms with Crippen molar-refractivity contribution in [3.63, 3.8) is 0 Å². The number of amides is 1. The molecule has 2 aliphatic heterocycles. The first kappa shape index (κ1) is 20.6. The van der Waals surface area contributed by atoms with E-state index in [9.17, 15) is 4.79 Å². The van der Waals surface area contributed by atoms with Crippen LogP contribution in [-0.2, 0) is 4.74 Å². The van der Waals surface area contributed by atoms with E-state index < -0.39 is 0 Å². The summed E-state index contributed by atoms with van der Waals surface area (Å²) in [5.41, 5.74) is 0.841. The molecule has 1 saturated carbocycles. The fraction of sp³-hybridized carbons (Fsp3) is 0.727. The highest BCUT2D eigenvalue weighted by atomic mass is 16.5. The summed E-state index contributed by atoms with van der Waals surface area (Å²) in [5.74, 6) is 0.905. The molecule has 3 aliphatic rings. The van der Waals surface area contributed by atoms with E-state index in [-0.39, 0.29) is 24.0 Å². The summed E-state index contributed by atoms with van der Waals surface area (Å²) in [7, 11) is 1.81. The van der Waals surface area contributed by atoms with Crippen molar-refractivity contribution < 1.29 is 14.6 Å². The number of likely N-dealkylation sites (tertiary alicyclic amines) is 1. The third-order valence-electron chi connectivity index (χ3n) is 7.11. The number of carbonyl (C=O) groups is 1. The molecule has 0 radical (unpaired) electrons. The zero-order chi connectivity index (χ0) is 20.3. The van der Waals surface area contributed by atoms with Gasteiger partial charge in [0, 0.05) is 64.5 Å². The molecule has 1 N–H and O–H groups in total. The number of carbonyl (C=O) groups excluding carboxylic acids is 1. The van der Waals surface area contributed by atoms with Gasteiger partial charge in [-0.15, -0.1) is 0 Å². The van der Waals surface area contributed by atoms with Gasteiger partial charge in [-0.3, -0.25) is 9.69 Å². The Labute approximate surface area is 173 Å². The Morgan fingerprint density at radius 2 is 2.03 bits per heavy atom. The maximum Gasteiger partial charge on any atom is 0.257 e. The molecule has 2 saturated heterocycles. The summed E-state index contributed by atoms with van der Waals surface area (Å²) in [6, 6.07) is 3.79. The van der Waals surface area contributed by atoms with Crippen LogP contribution in [0.25, 0.3) is 0 Å². The molecule has 7 nitrogen and oxygen atoms in total. The van der Waals surface area contributed by atoms with Crippen LogP contribution in [0.1, 0.15) is 42.5 Å². The molecule has 0 unspecified atom stereocenters. The van der Waals surface area contributed by atoms with Gasteiger partial charge in [-0.2, -0.15) is 0 Å². The van der Waals surface area contributed by atoms with E-state index in [0.29, 0.717) is 12.1 Å². The number of pyridine rings is 1. The Bertz CT molecular complexity index is 707. The van der Waals surface area contributed by atoms with Crippen LogP contribution >= 0.6 is 0 Å². The summed E-state index contributed by atoms with van der Waals surface area (Å²) < 4.78 is 5.81. The van der Waals surface area contributed by atoms with Gasteiger partial charge in [0.25, 0.3) is 5.91 Å². The van der Waals surface area contributed by atoms with E-state index >= 15 is 0 Å². The van der Waals surface area contributed by atoms with Crippen molar-refractivity contribution in [2.24, 2.45) is 5.41 Å². The molecule has 0 aromatic carbocycles. The summed E-state index contributed by atoms with van der Waals surface area (Å²) in [5, 5.41) is 9.16. The Kier molecular flexibility index (Phi) is 6.37. The van der Waals surface area contributed by atoms with Crippen LogP contribution in [0.4, 0.5) is 5.82 Å². The third-order valence-corrected chi connectivity index (χ3v) is 7.11. The first-order valence-corrected chi connectivity index (χ1v) is 11.0. The molecular formula is C22H34N4O3. The maximum atomic E-state index is 13.5. The van der Waals surface area contributed by atoms with Crippen LogP contribution in [0.2, 0.25) is 0 Å². The number of rotatable bonds is 5. The number of hydrogen-bond donors (Lipinski definition) is 1. The van der Waals surface area contributed by atoms with Crippen LogP contribution in [-0.4, -0.2) is 91.4 Å². The number of ether oxygens (including phenoxy) is 1. The molecule has 2 atom stereocenters. The molecule has 29 heavy (non-hydrogen) atoms. The van der Waals surface area contributed by atoms with Crippen LogP contribution in [0, 0.1) is 5.41 Å². The zero-order valence-electron chi connectivity index (χ0n) is 17.6. The van der Waals surface area contributed by atoms with E-state index in [1.165, 1.54) is 6.42 Å². The number of methoxy groups -OCH3 is 1. The second kappa shape index (κ2) is 8.98. The van der Waals surface area contributed by atoms with E-state index in [1.807, 2.05) is 24.1 Å². The Balaban J connectivity index is 1.49. The van der Waals surface area contributed by atoms with Gasteiger partial charge in [0.05, 0.1) is 18.3 Å². The van der Waals surface area contributed by atoms with Crippen molar-refractivity contribution in [2.45, 2.75) is 38.2 Å². The van der Waals surface area contributed by atoms with Crippen LogP contribution < -0.4 is 4.90 Å². The van der Waals surface area contributed by atoms with E-state index in [4.69, 9.17) is 9.84 Å². The number of β-amino-alcohol motifs (C(OH)–C–C–N with tert-alkyl or cyclic N) is 1. The van der Waals surface area contributed by atoms with Crippen molar-refractivity contribution >= 4 is 11.7 Å². The Morgan fingerprint density at radius 3 is 2.79 bits per heavy atom. The van der Waals surface area contributed by atoms with Crippen molar-refractivity contribution in [3.05, 3.63) is 23.9 Å². The Hall–Kier alpha value is -1.70. The molecule has 160 valence electrons. The number of hydrogen-bond acceptors (Lipinski definition) is 6. The summed E-state index contributed by atoms with van der Waals surface area (Å²) in [6.07, 6.45) is 7.70. The van der Waals surface area contributed by atoms with E-state index in [2.05, 4.69) is 14.8 Å². The topological polar surface area (TPSA) is 69.1 Å². The van der Waals surface area contributed by atoms with Gasteiger partial charge in [-0.05, 0) is 37.8 Å². The van der Waals surface area contributed by atoms with Crippen molar-refractivity contribution in [2.75, 3.05) is 64.4 Å². The molecule has 1 spiro atoms. The lowest BCUT2D eigenvalue weighted by molar-refractivity contribution is -0.0295. The number of anilines is 1. The molecular weight excluding hydrogens is 368 g/mol. The van der Waals surface area contributed by atoms with Gasteiger partial charge in [0.1, 0.15) is 5.82 Å². The monoisotopic (exact) mass is 402 g/mol. The van der Waals surface area contributed by atoms with Crippen LogP contribution in [0.15, 0.2) is 18.3 Å². The van der Waals surface area contributed by atoms with Gasteiger partial charge >= 0.3 is 0 Å². The van der Waals surface area contributed by atoms with Crippen molar-refractivity contribution in [1.29, 1.82) is 0 Å². The number of aliphatic hydroxyl groups is 1. The average molecular weight is 403 g/mol. The second-order valence-corrected chi connectivity index (χ2v) is 8.74. The predicted molar refractivity (Wildman–Crippen MR) is 112 cm³/mol. The zero-order valence-corrected chi connectivity index (χ0v) is 17.6. The standard InChI is InChI=1S/C22H34N4O3/c1-29-19-6-2-7-22(19)8-4-10-26(17-22)21(28)18-5-3-9-23-20(18)25-13-11-24(12-14-25)15-16-27/h3,5,9,19,27H,2,4,6-8,10-17H2,1H3/t19-,22-/m1/s1. The van der Waals surface area contributed by atoms with Crippen molar-refractivity contribution in [1.82, 2.24) is 14.8 Å². The number of piperazine rings is 1. The number of nitrogens with zero attached hydrogens (tertiary/aromatic N) is 4. The summed E-state index contributed by atoms with van der Waals surface area (Å²) >= 11 is 0. The van der Waals surface area contributed by atoms with Gasteiger partial charge in [-0.1, -0.05) is 6.42 Å². The lowest BCUT2D eigenvalue weighted by atomic mass is 9.76. The average Bonchev–Trinajstić information content (AvgIpc) is 3.15. The molecule has 7 heteroatoms. The third kappa shape index (κ3) is 4.13. The molecule has 0 bridgehead atoms. The normalized spacial score (nSPS) is 28.3. The fourth-order valence-corrected chi connectivity index (χ4v) is 5.59. The first-order valence-electron chi connectivity index (χ1n) is 11.0. The molecule has 3 heterocycles. The lowest BCUT2D eigenvalue weighted by Crippen LogP contribution is -2.51. The number of aromatic nitrogens is 1. The highest BCUT2D eigenvalue weighted by molar-refractivity contribution is 5.99. The minimum absolute atomic E-state index is 0.103. The minimum Gasteiger partial charge on any atom is -0.395 e. The second-order valence-electron chi connectivity index (χ2n) is 8.74. The van der Waals surface area contributed by atoms with E-state index in [0.717, 1.165) is 70.8 Å².